The van der Waals surface area contributed by atoms with Crippen molar-refractivity contribution in [1.82, 2.24) is 24.7 Å². The second kappa shape index (κ2) is 7.74. The van der Waals surface area contributed by atoms with E-state index in [9.17, 15) is 4.79 Å². The first-order valence-corrected chi connectivity index (χ1v) is 11.4. The van der Waals surface area contributed by atoms with Crippen LogP contribution in [0, 0.1) is 27.7 Å². The zero-order valence-corrected chi connectivity index (χ0v) is 20.2. The number of aryl methyl sites for hydroxylation is 4. The van der Waals surface area contributed by atoms with E-state index in [4.69, 9.17) is 19.7 Å². The van der Waals surface area contributed by atoms with Gasteiger partial charge in [0.25, 0.3) is 0 Å². The molecule has 0 radical (unpaired) electrons. The van der Waals surface area contributed by atoms with Crippen LogP contribution in [0.5, 0.6) is 5.75 Å². The average Bonchev–Trinajstić information content (AvgIpc) is 3.30. The molecule has 0 fully saturated rings. The Bertz CT molecular complexity index is 1560. The SMILES string of the molecule is COc1ccc(-c2c(C(C)=O)c(C)nc3sc4c(-n5nc(C)cc5C)nc(C)nc4c23)cc1. The molecule has 166 valence electrons. The first-order valence-electron chi connectivity index (χ1n) is 10.6. The van der Waals surface area contributed by atoms with Crippen molar-refractivity contribution in [3.63, 3.8) is 0 Å². The molecule has 5 aromatic rings. The Kier molecular flexibility index (Phi) is 4.97. The summed E-state index contributed by atoms with van der Waals surface area (Å²) in [6.45, 7) is 9.31. The molecule has 0 atom stereocenters. The van der Waals surface area contributed by atoms with E-state index in [0.29, 0.717) is 17.1 Å². The standard InChI is InChI=1S/C25H23N5O2S/c1-12-11-13(2)30(29-12)24-23-22(27-16(5)28-24)21-20(17-7-9-18(32-6)10-8-17)19(15(4)31)14(3)26-25(21)33-23/h7-11H,1-6H3. The smallest absolute Gasteiger partial charge is 0.175 e. The zero-order valence-electron chi connectivity index (χ0n) is 19.3. The van der Waals surface area contributed by atoms with E-state index in [2.05, 4.69) is 5.10 Å². The van der Waals surface area contributed by atoms with Gasteiger partial charge in [-0.1, -0.05) is 12.1 Å². The van der Waals surface area contributed by atoms with Crippen LogP contribution >= 0.6 is 11.3 Å². The Balaban J connectivity index is 1.94. The normalized spacial score (nSPS) is 11.5. The van der Waals surface area contributed by atoms with Gasteiger partial charge in [0.2, 0.25) is 0 Å². The van der Waals surface area contributed by atoms with Gasteiger partial charge in [-0.3, -0.25) is 4.79 Å². The molecule has 0 aliphatic heterocycles. The van der Waals surface area contributed by atoms with Crippen molar-refractivity contribution in [2.45, 2.75) is 34.6 Å². The molecule has 0 aliphatic carbocycles. The Hall–Kier alpha value is -3.65. The summed E-state index contributed by atoms with van der Waals surface area (Å²) in [7, 11) is 1.64. The van der Waals surface area contributed by atoms with E-state index in [1.807, 2.05) is 62.7 Å². The van der Waals surface area contributed by atoms with Gasteiger partial charge in [0.05, 0.1) is 24.0 Å². The minimum Gasteiger partial charge on any atom is -0.497 e. The Morgan fingerprint density at radius 1 is 1.03 bits per heavy atom. The highest BCUT2D eigenvalue weighted by molar-refractivity contribution is 7.25. The first-order chi connectivity index (χ1) is 15.8. The van der Waals surface area contributed by atoms with Gasteiger partial charge in [0.15, 0.2) is 11.6 Å². The van der Waals surface area contributed by atoms with Crippen molar-refractivity contribution in [3.05, 3.63) is 58.8 Å². The number of ketones is 1. The molecular weight excluding hydrogens is 434 g/mol. The molecule has 4 heterocycles. The van der Waals surface area contributed by atoms with Crippen molar-refractivity contribution >= 4 is 37.6 Å². The largest absolute Gasteiger partial charge is 0.497 e. The van der Waals surface area contributed by atoms with Gasteiger partial charge in [0, 0.05) is 22.2 Å². The number of hydrogen-bond donors (Lipinski definition) is 0. The number of aromatic nitrogens is 5. The first kappa shape index (κ1) is 21.2. The molecule has 0 spiro atoms. The maximum atomic E-state index is 12.8. The highest BCUT2D eigenvalue weighted by Crippen LogP contribution is 2.43. The summed E-state index contributed by atoms with van der Waals surface area (Å²) in [6.07, 6.45) is 0. The lowest BCUT2D eigenvalue weighted by Crippen LogP contribution is -2.05. The van der Waals surface area contributed by atoms with Gasteiger partial charge in [-0.15, -0.1) is 11.3 Å². The number of methoxy groups -OCH3 is 1. The molecule has 0 saturated carbocycles. The Morgan fingerprint density at radius 3 is 2.36 bits per heavy atom. The minimum absolute atomic E-state index is 0.0309. The Labute approximate surface area is 195 Å². The van der Waals surface area contributed by atoms with Crippen LogP contribution in [0.25, 0.3) is 37.4 Å². The highest BCUT2D eigenvalue weighted by Gasteiger charge is 2.24. The van der Waals surface area contributed by atoms with Crippen LogP contribution in [0.15, 0.2) is 30.3 Å². The third kappa shape index (κ3) is 3.38. The number of nitrogens with zero attached hydrogens (tertiary/aromatic N) is 5. The highest BCUT2D eigenvalue weighted by atomic mass is 32.1. The fourth-order valence-corrected chi connectivity index (χ4v) is 5.49. The molecule has 0 saturated heterocycles. The molecule has 33 heavy (non-hydrogen) atoms. The lowest BCUT2D eigenvalue weighted by molar-refractivity contribution is 0.101. The van der Waals surface area contributed by atoms with Crippen LogP contribution in [0.3, 0.4) is 0 Å². The number of benzene rings is 1. The fraction of sp³-hybridized carbons (Fsp3) is 0.240. The van der Waals surface area contributed by atoms with Crippen LogP contribution < -0.4 is 4.74 Å². The van der Waals surface area contributed by atoms with Gasteiger partial charge in [-0.05, 0) is 58.4 Å². The van der Waals surface area contributed by atoms with E-state index in [1.54, 1.807) is 14.0 Å². The van der Waals surface area contributed by atoms with Crippen molar-refractivity contribution in [2.24, 2.45) is 0 Å². The van der Waals surface area contributed by atoms with E-state index in [1.165, 1.54) is 11.3 Å². The van der Waals surface area contributed by atoms with Crippen LogP contribution in [0.2, 0.25) is 0 Å². The summed E-state index contributed by atoms with van der Waals surface area (Å²) in [5.41, 5.74) is 5.77. The summed E-state index contributed by atoms with van der Waals surface area (Å²) in [6, 6.07) is 9.77. The predicted octanol–water partition coefficient (Wildman–Crippen LogP) is 5.54. The second-order valence-electron chi connectivity index (χ2n) is 8.13. The number of fused-ring (bicyclic) bond motifs is 3. The molecule has 0 aliphatic rings. The molecule has 4 aromatic heterocycles. The molecular formula is C25H23N5O2S. The fourth-order valence-electron chi connectivity index (χ4n) is 4.34. The van der Waals surface area contributed by atoms with E-state index in [0.717, 1.165) is 54.5 Å². The molecule has 7 nitrogen and oxygen atoms in total. The summed E-state index contributed by atoms with van der Waals surface area (Å²) < 4.78 is 8.08. The number of Topliss-reactive ketones (excluding diaryl/α,β-unsaturated/α-hetero) is 1. The van der Waals surface area contributed by atoms with Gasteiger partial charge in [0.1, 0.15) is 21.1 Å². The van der Waals surface area contributed by atoms with E-state index in [-0.39, 0.29) is 5.78 Å². The number of rotatable bonds is 4. The lowest BCUT2D eigenvalue weighted by Gasteiger charge is -2.13. The number of pyridine rings is 1. The maximum Gasteiger partial charge on any atom is 0.175 e. The van der Waals surface area contributed by atoms with Crippen LogP contribution in [-0.4, -0.2) is 37.6 Å². The molecule has 0 N–H and O–H groups in total. The quantitative estimate of drug-likeness (QED) is 0.330. The molecule has 0 amide bonds. The third-order valence-electron chi connectivity index (χ3n) is 5.68. The number of thiophene rings is 1. The van der Waals surface area contributed by atoms with Crippen LogP contribution in [-0.2, 0) is 0 Å². The lowest BCUT2D eigenvalue weighted by atomic mass is 9.93. The van der Waals surface area contributed by atoms with Gasteiger partial charge in [-0.2, -0.15) is 5.10 Å². The monoisotopic (exact) mass is 457 g/mol. The summed E-state index contributed by atoms with van der Waals surface area (Å²) >= 11 is 1.53. The van der Waals surface area contributed by atoms with Crippen LogP contribution in [0.1, 0.15) is 40.2 Å². The van der Waals surface area contributed by atoms with Crippen molar-refractivity contribution in [2.75, 3.05) is 7.11 Å². The predicted molar refractivity (Wildman–Crippen MR) is 131 cm³/mol. The summed E-state index contributed by atoms with van der Waals surface area (Å²) in [5, 5.41) is 5.51. The molecule has 1 aromatic carbocycles. The number of carbonyl (C=O) groups is 1. The number of carbonyl (C=O) groups excluding carboxylic acids is 1. The third-order valence-corrected chi connectivity index (χ3v) is 6.75. The van der Waals surface area contributed by atoms with Gasteiger partial charge in [-0.25, -0.2) is 19.6 Å². The molecule has 0 bridgehead atoms. The summed E-state index contributed by atoms with van der Waals surface area (Å²) in [4.78, 5) is 28.0. The topological polar surface area (TPSA) is 82.8 Å². The number of hydrogen-bond acceptors (Lipinski definition) is 7. The zero-order chi connectivity index (χ0) is 23.4. The van der Waals surface area contributed by atoms with E-state index < -0.39 is 0 Å². The number of ether oxygens (including phenoxy) is 1. The maximum absolute atomic E-state index is 12.8. The summed E-state index contributed by atoms with van der Waals surface area (Å²) in [5.74, 6) is 2.09. The van der Waals surface area contributed by atoms with Gasteiger partial charge < -0.3 is 4.74 Å². The van der Waals surface area contributed by atoms with E-state index >= 15 is 0 Å². The van der Waals surface area contributed by atoms with Crippen molar-refractivity contribution in [3.8, 4) is 22.7 Å². The van der Waals surface area contributed by atoms with Crippen molar-refractivity contribution in [1.29, 1.82) is 0 Å². The molecule has 5 rings (SSSR count). The minimum atomic E-state index is -0.0309. The average molecular weight is 458 g/mol. The second-order valence-corrected chi connectivity index (χ2v) is 9.12. The molecule has 8 heteroatoms. The van der Waals surface area contributed by atoms with Crippen LogP contribution in [0.4, 0.5) is 0 Å². The Morgan fingerprint density at radius 2 is 1.76 bits per heavy atom. The molecule has 0 unspecified atom stereocenters. The van der Waals surface area contributed by atoms with Crippen molar-refractivity contribution < 1.29 is 9.53 Å². The van der Waals surface area contributed by atoms with Gasteiger partial charge >= 0.3 is 0 Å².